The molecule has 1 aromatic heterocycles. The zero-order valence-corrected chi connectivity index (χ0v) is 11.2. The van der Waals surface area contributed by atoms with Crippen LogP contribution < -0.4 is 5.32 Å². The molecule has 5 heteroatoms. The minimum absolute atomic E-state index is 0.136. The second kappa shape index (κ2) is 5.47. The minimum Gasteiger partial charge on any atom is -0.325 e. The minimum atomic E-state index is -0.136. The van der Waals surface area contributed by atoms with Gasteiger partial charge in [-0.25, -0.2) is 4.98 Å². The number of amides is 1. The van der Waals surface area contributed by atoms with E-state index >= 15 is 0 Å². The van der Waals surface area contributed by atoms with E-state index in [4.69, 9.17) is 5.26 Å². The first-order valence-electron chi connectivity index (χ1n) is 6.46. The Kier molecular flexibility index (Phi) is 3.36. The van der Waals surface area contributed by atoms with Gasteiger partial charge in [0.1, 0.15) is 6.54 Å². The Morgan fingerprint density at radius 1 is 1.19 bits per heavy atom. The van der Waals surface area contributed by atoms with Crippen molar-refractivity contribution in [2.24, 2.45) is 0 Å². The van der Waals surface area contributed by atoms with Crippen molar-refractivity contribution in [1.82, 2.24) is 9.55 Å². The zero-order valence-electron chi connectivity index (χ0n) is 11.2. The number of imidazole rings is 1. The standard InChI is InChI=1S/C16H12N4O/c17-9-12-5-7-13(8-6-12)19-16(21)10-20-11-18-14-3-1-2-4-15(14)20/h1-8,11H,10H2,(H,19,21). The number of nitriles is 1. The van der Waals surface area contributed by atoms with Crippen LogP contribution in [0.3, 0.4) is 0 Å². The first-order valence-corrected chi connectivity index (χ1v) is 6.46. The third-order valence-corrected chi connectivity index (χ3v) is 3.14. The number of anilines is 1. The second-order valence-corrected chi connectivity index (χ2v) is 4.60. The van der Waals surface area contributed by atoms with Gasteiger partial charge in [0.05, 0.1) is 29.0 Å². The number of hydrogen-bond donors (Lipinski definition) is 1. The number of benzene rings is 2. The largest absolute Gasteiger partial charge is 0.325 e. The van der Waals surface area contributed by atoms with Gasteiger partial charge in [-0.05, 0) is 36.4 Å². The molecule has 21 heavy (non-hydrogen) atoms. The highest BCUT2D eigenvalue weighted by atomic mass is 16.1. The van der Waals surface area contributed by atoms with Gasteiger partial charge in [-0.2, -0.15) is 5.26 Å². The van der Waals surface area contributed by atoms with Crippen molar-refractivity contribution in [2.45, 2.75) is 6.54 Å². The lowest BCUT2D eigenvalue weighted by molar-refractivity contribution is -0.116. The van der Waals surface area contributed by atoms with Crippen LogP contribution in [0, 0.1) is 11.3 Å². The number of nitrogens with zero attached hydrogens (tertiary/aromatic N) is 3. The third-order valence-electron chi connectivity index (χ3n) is 3.14. The summed E-state index contributed by atoms with van der Waals surface area (Å²) in [6.07, 6.45) is 1.66. The van der Waals surface area contributed by atoms with Crippen LogP contribution >= 0.6 is 0 Å². The summed E-state index contributed by atoms with van der Waals surface area (Å²) in [5.41, 5.74) is 3.02. The van der Waals surface area contributed by atoms with Crippen molar-refractivity contribution in [1.29, 1.82) is 5.26 Å². The van der Waals surface area contributed by atoms with Crippen LogP contribution in [0.25, 0.3) is 11.0 Å². The van der Waals surface area contributed by atoms with Crippen LogP contribution in [-0.2, 0) is 11.3 Å². The van der Waals surface area contributed by atoms with Crippen molar-refractivity contribution >= 4 is 22.6 Å². The summed E-state index contributed by atoms with van der Waals surface area (Å²) in [6, 6.07) is 16.5. The van der Waals surface area contributed by atoms with Gasteiger partial charge < -0.3 is 9.88 Å². The summed E-state index contributed by atoms with van der Waals surface area (Å²) in [5.74, 6) is -0.136. The summed E-state index contributed by atoms with van der Waals surface area (Å²) >= 11 is 0. The van der Waals surface area contributed by atoms with Gasteiger partial charge in [-0.3, -0.25) is 4.79 Å². The normalized spacial score (nSPS) is 10.2. The van der Waals surface area contributed by atoms with Gasteiger partial charge in [0.2, 0.25) is 5.91 Å². The van der Waals surface area contributed by atoms with Gasteiger partial charge in [-0.1, -0.05) is 12.1 Å². The highest BCUT2D eigenvalue weighted by Crippen LogP contribution is 2.13. The highest BCUT2D eigenvalue weighted by molar-refractivity contribution is 5.91. The molecule has 102 valence electrons. The molecular weight excluding hydrogens is 264 g/mol. The lowest BCUT2D eigenvalue weighted by Gasteiger charge is -2.06. The van der Waals surface area contributed by atoms with E-state index in [0.717, 1.165) is 11.0 Å². The van der Waals surface area contributed by atoms with E-state index in [-0.39, 0.29) is 12.5 Å². The van der Waals surface area contributed by atoms with Crippen molar-refractivity contribution < 1.29 is 4.79 Å². The lowest BCUT2D eigenvalue weighted by Crippen LogP contribution is -2.18. The monoisotopic (exact) mass is 276 g/mol. The molecule has 1 amide bonds. The van der Waals surface area contributed by atoms with Gasteiger partial charge in [-0.15, -0.1) is 0 Å². The summed E-state index contributed by atoms with van der Waals surface area (Å²) in [7, 11) is 0. The molecule has 0 radical (unpaired) electrons. The van der Waals surface area contributed by atoms with Crippen LogP contribution in [0.15, 0.2) is 54.9 Å². The fourth-order valence-electron chi connectivity index (χ4n) is 2.12. The van der Waals surface area contributed by atoms with Gasteiger partial charge in [0.15, 0.2) is 0 Å². The van der Waals surface area contributed by atoms with E-state index in [1.165, 1.54) is 0 Å². The number of carbonyl (C=O) groups is 1. The Morgan fingerprint density at radius 3 is 2.71 bits per heavy atom. The molecule has 0 aliphatic carbocycles. The molecule has 1 N–H and O–H groups in total. The number of nitrogens with one attached hydrogen (secondary N) is 1. The molecule has 0 aliphatic rings. The lowest BCUT2D eigenvalue weighted by atomic mass is 10.2. The van der Waals surface area contributed by atoms with Crippen molar-refractivity contribution in [3.63, 3.8) is 0 Å². The Bertz CT molecular complexity index is 827. The molecule has 0 saturated carbocycles. The van der Waals surface area contributed by atoms with Crippen LogP contribution in [0.2, 0.25) is 0 Å². The smallest absolute Gasteiger partial charge is 0.244 e. The molecule has 0 atom stereocenters. The number of hydrogen-bond acceptors (Lipinski definition) is 3. The zero-order chi connectivity index (χ0) is 14.7. The van der Waals surface area contributed by atoms with E-state index < -0.39 is 0 Å². The summed E-state index contributed by atoms with van der Waals surface area (Å²) < 4.78 is 1.80. The summed E-state index contributed by atoms with van der Waals surface area (Å²) in [6.45, 7) is 0.195. The number of carbonyl (C=O) groups excluding carboxylic acids is 1. The predicted molar refractivity (Wildman–Crippen MR) is 79.5 cm³/mol. The van der Waals surface area contributed by atoms with Crippen LogP contribution in [0.1, 0.15) is 5.56 Å². The fraction of sp³-hybridized carbons (Fsp3) is 0.0625. The third kappa shape index (κ3) is 2.74. The van der Waals surface area contributed by atoms with Crippen molar-refractivity contribution in [3.05, 3.63) is 60.4 Å². The Balaban J connectivity index is 1.73. The van der Waals surface area contributed by atoms with E-state index in [1.54, 1.807) is 35.2 Å². The maximum absolute atomic E-state index is 12.1. The molecule has 0 aliphatic heterocycles. The molecule has 0 saturated heterocycles. The Morgan fingerprint density at radius 2 is 1.95 bits per heavy atom. The topological polar surface area (TPSA) is 70.7 Å². The summed E-state index contributed by atoms with van der Waals surface area (Å²) in [4.78, 5) is 16.3. The van der Waals surface area contributed by atoms with Gasteiger partial charge in [0, 0.05) is 5.69 Å². The fourth-order valence-corrected chi connectivity index (χ4v) is 2.12. The quantitative estimate of drug-likeness (QED) is 0.799. The average Bonchev–Trinajstić information content (AvgIpc) is 2.91. The first-order chi connectivity index (χ1) is 10.3. The molecule has 1 heterocycles. The molecule has 2 aromatic carbocycles. The first kappa shape index (κ1) is 12.9. The molecule has 0 unspecified atom stereocenters. The molecule has 0 bridgehead atoms. The Hall–Kier alpha value is -3.13. The van der Waals surface area contributed by atoms with E-state index in [9.17, 15) is 4.79 Å². The maximum Gasteiger partial charge on any atom is 0.244 e. The predicted octanol–water partition coefficient (Wildman–Crippen LogP) is 2.55. The number of fused-ring (bicyclic) bond motifs is 1. The second-order valence-electron chi connectivity index (χ2n) is 4.60. The van der Waals surface area contributed by atoms with Crippen molar-refractivity contribution in [3.8, 4) is 6.07 Å². The van der Waals surface area contributed by atoms with Crippen LogP contribution in [0.5, 0.6) is 0 Å². The van der Waals surface area contributed by atoms with E-state index in [2.05, 4.69) is 10.3 Å². The number of aromatic nitrogens is 2. The molecule has 5 nitrogen and oxygen atoms in total. The number of para-hydroxylation sites is 2. The van der Waals surface area contributed by atoms with Crippen LogP contribution in [0.4, 0.5) is 5.69 Å². The molecule has 3 aromatic rings. The van der Waals surface area contributed by atoms with Crippen molar-refractivity contribution in [2.75, 3.05) is 5.32 Å². The maximum atomic E-state index is 12.1. The molecule has 0 spiro atoms. The van der Waals surface area contributed by atoms with Gasteiger partial charge >= 0.3 is 0 Å². The Labute approximate surface area is 121 Å². The highest BCUT2D eigenvalue weighted by Gasteiger charge is 2.07. The molecular formula is C16H12N4O. The van der Waals surface area contributed by atoms with E-state index in [0.29, 0.717) is 11.3 Å². The van der Waals surface area contributed by atoms with Crippen LogP contribution in [-0.4, -0.2) is 15.5 Å². The molecule has 3 rings (SSSR count). The summed E-state index contributed by atoms with van der Waals surface area (Å²) in [5, 5.41) is 11.5. The average molecular weight is 276 g/mol. The SMILES string of the molecule is N#Cc1ccc(NC(=O)Cn2cnc3ccccc32)cc1. The molecule has 0 fully saturated rings. The van der Waals surface area contributed by atoms with Gasteiger partial charge in [0.25, 0.3) is 0 Å². The van der Waals surface area contributed by atoms with E-state index in [1.807, 2.05) is 30.3 Å². The number of rotatable bonds is 3.